The van der Waals surface area contributed by atoms with Gasteiger partial charge in [0.1, 0.15) is 11.6 Å². The van der Waals surface area contributed by atoms with Crippen LogP contribution in [0.2, 0.25) is 0 Å². The number of benzene rings is 2. The summed E-state index contributed by atoms with van der Waals surface area (Å²) in [5.74, 6) is -3.38. The third-order valence-electron chi connectivity index (χ3n) is 2.26. The molecule has 0 aliphatic rings. The van der Waals surface area contributed by atoms with Crippen molar-refractivity contribution in [3.05, 3.63) is 65.2 Å². The summed E-state index contributed by atoms with van der Waals surface area (Å²) in [4.78, 5) is 0. The van der Waals surface area contributed by atoms with E-state index in [9.17, 15) is 17.6 Å². The third-order valence-corrected chi connectivity index (χ3v) is 2.26. The molecular formula is C14H12F4O. The molecule has 0 atom stereocenters. The van der Waals surface area contributed by atoms with Crippen LogP contribution in [0, 0.1) is 30.2 Å². The Morgan fingerprint density at radius 2 is 1.58 bits per heavy atom. The van der Waals surface area contributed by atoms with Gasteiger partial charge in [0.2, 0.25) is 0 Å². The predicted molar refractivity (Wildman–Crippen MR) is 64.0 cm³/mol. The summed E-state index contributed by atoms with van der Waals surface area (Å²) in [5, 5.41) is 0. The molecule has 2 rings (SSSR count). The maximum Gasteiger partial charge on any atom is 0.194 e. The molecule has 1 nitrogen and oxygen atoms in total. The molecule has 2 aromatic rings. The lowest BCUT2D eigenvalue weighted by Gasteiger charge is -1.96. The van der Waals surface area contributed by atoms with Crippen molar-refractivity contribution in [1.82, 2.24) is 0 Å². The number of hydrogen-bond acceptors (Lipinski definition) is 1. The minimum Gasteiger partial charge on any atom is -0.497 e. The van der Waals surface area contributed by atoms with E-state index in [2.05, 4.69) is 0 Å². The van der Waals surface area contributed by atoms with Gasteiger partial charge in [-0.1, -0.05) is 12.1 Å². The van der Waals surface area contributed by atoms with E-state index in [0.717, 1.165) is 6.07 Å². The summed E-state index contributed by atoms with van der Waals surface area (Å²) in [6, 6.07) is 8.10. The van der Waals surface area contributed by atoms with Crippen molar-refractivity contribution in [3.8, 4) is 5.75 Å². The predicted octanol–water partition coefficient (Wildman–Crippen LogP) is 4.25. The van der Waals surface area contributed by atoms with Crippen molar-refractivity contribution in [2.45, 2.75) is 6.92 Å². The van der Waals surface area contributed by atoms with Gasteiger partial charge in [-0.25, -0.2) is 17.6 Å². The van der Waals surface area contributed by atoms with Crippen LogP contribution in [0.4, 0.5) is 17.6 Å². The van der Waals surface area contributed by atoms with Crippen LogP contribution in [0.15, 0.2) is 36.4 Å². The van der Waals surface area contributed by atoms with Crippen molar-refractivity contribution in [2.24, 2.45) is 0 Å². The maximum absolute atomic E-state index is 12.4. The number of halogens is 4. The van der Waals surface area contributed by atoms with Crippen LogP contribution in [0.5, 0.6) is 5.75 Å². The van der Waals surface area contributed by atoms with Crippen molar-refractivity contribution < 1.29 is 22.3 Å². The quantitative estimate of drug-likeness (QED) is 0.557. The van der Waals surface area contributed by atoms with Crippen molar-refractivity contribution >= 4 is 0 Å². The zero-order chi connectivity index (χ0) is 14.4. The standard InChI is InChI=1S/C7H5F3.C7H7FO/c1-4-2-3-5(8)7(10)6(4)9;1-9-7-4-2-3-6(8)5-7/h2-3H,1H3;2-5H,1H3. The Kier molecular flexibility index (Phi) is 5.36. The lowest BCUT2D eigenvalue weighted by molar-refractivity contribution is 0.411. The van der Waals surface area contributed by atoms with E-state index in [1.807, 2.05) is 0 Å². The van der Waals surface area contributed by atoms with Crippen LogP contribution < -0.4 is 4.74 Å². The van der Waals surface area contributed by atoms with Gasteiger partial charge >= 0.3 is 0 Å². The molecule has 2 aromatic carbocycles. The van der Waals surface area contributed by atoms with Crippen LogP contribution in [0.25, 0.3) is 0 Å². The molecule has 0 bridgehead atoms. The molecule has 5 heteroatoms. The summed E-state index contributed by atoms with van der Waals surface area (Å²) in [6.07, 6.45) is 0. The van der Waals surface area contributed by atoms with Gasteiger partial charge in [0.25, 0.3) is 0 Å². The fourth-order valence-corrected chi connectivity index (χ4v) is 1.22. The Labute approximate surface area is 108 Å². The second kappa shape index (κ2) is 6.78. The molecule has 0 heterocycles. The summed E-state index contributed by atoms with van der Waals surface area (Å²) in [6.45, 7) is 1.37. The monoisotopic (exact) mass is 272 g/mol. The fourth-order valence-electron chi connectivity index (χ4n) is 1.22. The first-order valence-corrected chi connectivity index (χ1v) is 5.35. The molecule has 0 spiro atoms. The number of aryl methyl sites for hydroxylation is 1. The highest BCUT2D eigenvalue weighted by atomic mass is 19.2. The van der Waals surface area contributed by atoms with E-state index in [4.69, 9.17) is 4.74 Å². The van der Waals surface area contributed by atoms with E-state index in [1.165, 1.54) is 32.2 Å². The smallest absolute Gasteiger partial charge is 0.194 e. The Morgan fingerprint density at radius 3 is 2.05 bits per heavy atom. The molecule has 0 aromatic heterocycles. The van der Waals surface area contributed by atoms with E-state index >= 15 is 0 Å². The first-order chi connectivity index (χ1) is 8.95. The van der Waals surface area contributed by atoms with Gasteiger partial charge in [0.15, 0.2) is 17.5 Å². The molecule has 0 fully saturated rings. The summed E-state index contributed by atoms with van der Waals surface area (Å²) >= 11 is 0. The highest BCUT2D eigenvalue weighted by molar-refractivity contribution is 5.22. The molecule has 0 aliphatic heterocycles. The zero-order valence-corrected chi connectivity index (χ0v) is 10.4. The molecule has 0 aliphatic carbocycles. The Hall–Kier alpha value is -2.04. The van der Waals surface area contributed by atoms with Crippen molar-refractivity contribution in [2.75, 3.05) is 7.11 Å². The molecule has 0 saturated heterocycles. The number of rotatable bonds is 1. The third kappa shape index (κ3) is 4.28. The highest BCUT2D eigenvalue weighted by Gasteiger charge is 2.09. The minimum absolute atomic E-state index is 0.110. The average molecular weight is 272 g/mol. The molecule has 0 amide bonds. The van der Waals surface area contributed by atoms with Crippen LogP contribution >= 0.6 is 0 Å². The molecule has 102 valence electrons. The summed E-state index contributed by atoms with van der Waals surface area (Å²) in [5.41, 5.74) is 0.110. The van der Waals surface area contributed by atoms with E-state index in [1.54, 1.807) is 12.1 Å². The van der Waals surface area contributed by atoms with Gasteiger partial charge in [-0.2, -0.15) is 0 Å². The summed E-state index contributed by atoms with van der Waals surface area (Å²) in [7, 11) is 1.51. The lowest BCUT2D eigenvalue weighted by Crippen LogP contribution is -1.92. The van der Waals surface area contributed by atoms with Gasteiger partial charge in [0.05, 0.1) is 7.11 Å². The number of methoxy groups -OCH3 is 1. The van der Waals surface area contributed by atoms with Gasteiger partial charge < -0.3 is 4.74 Å². The first-order valence-electron chi connectivity index (χ1n) is 5.35. The maximum atomic E-state index is 12.4. The van der Waals surface area contributed by atoms with Gasteiger partial charge in [-0.3, -0.25) is 0 Å². The number of ether oxygens (including phenoxy) is 1. The van der Waals surface area contributed by atoms with Crippen molar-refractivity contribution in [3.63, 3.8) is 0 Å². The van der Waals surface area contributed by atoms with Crippen LogP contribution in [0.3, 0.4) is 0 Å². The van der Waals surface area contributed by atoms with E-state index in [-0.39, 0.29) is 11.4 Å². The SMILES string of the molecule is COc1cccc(F)c1.Cc1ccc(F)c(F)c1F. The van der Waals surface area contributed by atoms with Gasteiger partial charge in [0, 0.05) is 6.07 Å². The molecule has 0 N–H and O–H groups in total. The Morgan fingerprint density at radius 1 is 0.895 bits per heavy atom. The topological polar surface area (TPSA) is 9.23 Å². The van der Waals surface area contributed by atoms with Crippen LogP contribution in [-0.4, -0.2) is 7.11 Å². The lowest BCUT2D eigenvalue weighted by atomic mass is 10.2. The molecule has 19 heavy (non-hydrogen) atoms. The Bertz CT molecular complexity index is 528. The van der Waals surface area contributed by atoms with Gasteiger partial charge in [-0.15, -0.1) is 0 Å². The molecule has 0 radical (unpaired) electrons. The minimum atomic E-state index is -1.40. The van der Waals surface area contributed by atoms with Crippen LogP contribution in [0.1, 0.15) is 5.56 Å². The molecule has 0 saturated carbocycles. The van der Waals surface area contributed by atoms with Crippen LogP contribution in [-0.2, 0) is 0 Å². The normalized spacial score (nSPS) is 9.58. The van der Waals surface area contributed by atoms with E-state index < -0.39 is 17.5 Å². The zero-order valence-electron chi connectivity index (χ0n) is 10.4. The highest BCUT2D eigenvalue weighted by Crippen LogP contribution is 2.13. The molecular weight excluding hydrogens is 260 g/mol. The summed E-state index contributed by atoms with van der Waals surface area (Å²) < 4.78 is 53.8. The fraction of sp³-hybridized carbons (Fsp3) is 0.143. The second-order valence-corrected chi connectivity index (χ2v) is 3.65. The van der Waals surface area contributed by atoms with E-state index in [0.29, 0.717) is 5.75 Å². The van der Waals surface area contributed by atoms with Gasteiger partial charge in [-0.05, 0) is 30.7 Å². The van der Waals surface area contributed by atoms with Crippen molar-refractivity contribution in [1.29, 1.82) is 0 Å². The number of hydrogen-bond donors (Lipinski definition) is 0. The largest absolute Gasteiger partial charge is 0.497 e. The second-order valence-electron chi connectivity index (χ2n) is 3.65. The first kappa shape index (κ1) is 15.0. The average Bonchev–Trinajstić information content (AvgIpc) is 2.41. The Balaban J connectivity index is 0.000000191. The molecule has 0 unspecified atom stereocenters.